The van der Waals surface area contributed by atoms with Crippen LogP contribution < -0.4 is 0 Å². The third-order valence-electron chi connectivity index (χ3n) is 2.54. The van der Waals surface area contributed by atoms with Crippen LogP contribution in [0, 0.1) is 0 Å². The molecule has 0 aliphatic heterocycles. The molecule has 0 unspecified atom stereocenters. The van der Waals surface area contributed by atoms with E-state index in [4.69, 9.17) is 0 Å². The van der Waals surface area contributed by atoms with E-state index < -0.39 is 0 Å². The maximum Gasteiger partial charge on any atom is 0.150 e. The Morgan fingerprint density at radius 3 is 2.47 bits per heavy atom. The highest BCUT2D eigenvalue weighted by atomic mass is 79.9. The molecular weight excluding hydrogens is 252 g/mol. The van der Waals surface area contributed by atoms with Gasteiger partial charge in [-0.3, -0.25) is 4.79 Å². The molecule has 0 saturated heterocycles. The van der Waals surface area contributed by atoms with Gasteiger partial charge in [0.1, 0.15) is 0 Å². The molecule has 2 rings (SSSR count). The number of hydrogen-bond donors (Lipinski definition) is 0. The van der Waals surface area contributed by atoms with Gasteiger partial charge in [-0.05, 0) is 22.8 Å². The maximum atomic E-state index is 10.9. The second kappa shape index (κ2) is 4.58. The predicted molar refractivity (Wildman–Crippen MR) is 66.8 cm³/mol. The number of rotatable bonds is 3. The Bertz CT molecular complexity index is 491. The molecule has 0 aliphatic rings. The Morgan fingerprint density at radius 1 is 1.07 bits per heavy atom. The molecule has 2 heteroatoms. The number of hydrogen-bond acceptors (Lipinski definition) is 1. The molecule has 15 heavy (non-hydrogen) atoms. The van der Waals surface area contributed by atoms with Gasteiger partial charge in [0.2, 0.25) is 0 Å². The third kappa shape index (κ3) is 1.95. The summed E-state index contributed by atoms with van der Waals surface area (Å²) in [6, 6.07) is 12.0. The summed E-state index contributed by atoms with van der Waals surface area (Å²) in [5.41, 5.74) is 2.05. The van der Waals surface area contributed by atoms with E-state index in [-0.39, 0.29) is 0 Å². The first-order valence-corrected chi connectivity index (χ1v) is 6.00. The molecule has 0 fully saturated rings. The number of benzene rings is 2. The van der Waals surface area contributed by atoms with Crippen LogP contribution in [-0.2, 0) is 6.42 Å². The quantitative estimate of drug-likeness (QED) is 0.611. The van der Waals surface area contributed by atoms with Gasteiger partial charge in [0.25, 0.3) is 0 Å². The third-order valence-corrected chi connectivity index (χ3v) is 2.94. The number of aldehydes is 1. The lowest BCUT2D eigenvalue weighted by Gasteiger charge is -2.06. The molecular formula is C13H11BrO. The van der Waals surface area contributed by atoms with Gasteiger partial charge in [0, 0.05) is 10.9 Å². The standard InChI is InChI=1S/C13H11BrO/c14-8-7-10-5-6-11(9-15)13-4-2-1-3-12(10)13/h1-6,9H,7-8H2. The average molecular weight is 263 g/mol. The van der Waals surface area contributed by atoms with Crippen molar-refractivity contribution in [3.05, 3.63) is 47.5 Å². The fourth-order valence-electron chi connectivity index (χ4n) is 1.81. The van der Waals surface area contributed by atoms with Crippen molar-refractivity contribution in [3.63, 3.8) is 0 Å². The molecule has 0 amide bonds. The van der Waals surface area contributed by atoms with Gasteiger partial charge in [-0.1, -0.05) is 52.3 Å². The molecule has 0 bridgehead atoms. The number of aryl methyl sites for hydroxylation is 1. The number of halogens is 1. The minimum absolute atomic E-state index is 0.768. The van der Waals surface area contributed by atoms with Crippen LogP contribution in [0.1, 0.15) is 15.9 Å². The van der Waals surface area contributed by atoms with Crippen LogP contribution in [0.5, 0.6) is 0 Å². The highest BCUT2D eigenvalue weighted by Gasteiger charge is 2.03. The lowest BCUT2D eigenvalue weighted by Crippen LogP contribution is -1.91. The van der Waals surface area contributed by atoms with Crippen molar-refractivity contribution in [2.45, 2.75) is 6.42 Å². The molecule has 76 valence electrons. The van der Waals surface area contributed by atoms with Crippen molar-refractivity contribution in [2.24, 2.45) is 0 Å². The van der Waals surface area contributed by atoms with Crippen LogP contribution in [0.15, 0.2) is 36.4 Å². The summed E-state index contributed by atoms with van der Waals surface area (Å²) in [6.45, 7) is 0. The molecule has 0 radical (unpaired) electrons. The van der Waals surface area contributed by atoms with Crippen molar-refractivity contribution < 1.29 is 4.79 Å². The largest absolute Gasteiger partial charge is 0.298 e. The molecule has 1 nitrogen and oxygen atoms in total. The molecule has 0 spiro atoms. The minimum atomic E-state index is 0.768. The van der Waals surface area contributed by atoms with Gasteiger partial charge in [0.05, 0.1) is 0 Å². The van der Waals surface area contributed by atoms with Crippen molar-refractivity contribution >= 4 is 33.0 Å². The highest BCUT2D eigenvalue weighted by Crippen LogP contribution is 2.22. The number of fused-ring (bicyclic) bond motifs is 1. The molecule has 0 N–H and O–H groups in total. The molecule has 0 aliphatic carbocycles. The first kappa shape index (κ1) is 10.4. The summed E-state index contributed by atoms with van der Waals surface area (Å²) in [5, 5.41) is 3.17. The zero-order valence-electron chi connectivity index (χ0n) is 8.24. The minimum Gasteiger partial charge on any atom is -0.298 e. The molecule has 0 atom stereocenters. The van der Waals surface area contributed by atoms with E-state index in [1.165, 1.54) is 10.9 Å². The highest BCUT2D eigenvalue weighted by molar-refractivity contribution is 9.09. The summed E-state index contributed by atoms with van der Waals surface area (Å²) in [5.74, 6) is 0. The molecule has 0 heterocycles. The smallest absolute Gasteiger partial charge is 0.150 e. The fourth-order valence-corrected chi connectivity index (χ4v) is 2.23. The van der Waals surface area contributed by atoms with E-state index in [0.29, 0.717) is 0 Å². The summed E-state index contributed by atoms with van der Waals surface area (Å²) < 4.78 is 0. The van der Waals surface area contributed by atoms with Gasteiger partial charge in [0.15, 0.2) is 6.29 Å². The second-order valence-corrected chi connectivity index (χ2v) is 4.21. The Kier molecular flexibility index (Phi) is 3.17. The molecule has 2 aromatic carbocycles. The van der Waals surface area contributed by atoms with Crippen LogP contribution in [0.2, 0.25) is 0 Å². The van der Waals surface area contributed by atoms with Crippen molar-refractivity contribution in [1.82, 2.24) is 0 Å². The fraction of sp³-hybridized carbons (Fsp3) is 0.154. The zero-order valence-corrected chi connectivity index (χ0v) is 9.83. The topological polar surface area (TPSA) is 17.1 Å². The Morgan fingerprint density at radius 2 is 1.80 bits per heavy atom. The van der Waals surface area contributed by atoms with Gasteiger partial charge >= 0.3 is 0 Å². The normalized spacial score (nSPS) is 10.5. The van der Waals surface area contributed by atoms with Gasteiger partial charge in [-0.2, -0.15) is 0 Å². The summed E-state index contributed by atoms with van der Waals surface area (Å²) in [6.07, 6.45) is 1.90. The predicted octanol–water partition coefficient (Wildman–Crippen LogP) is 3.59. The van der Waals surface area contributed by atoms with Crippen molar-refractivity contribution in [3.8, 4) is 0 Å². The van der Waals surface area contributed by atoms with Crippen LogP contribution in [0.3, 0.4) is 0 Å². The van der Waals surface area contributed by atoms with Crippen LogP contribution in [0.25, 0.3) is 10.8 Å². The zero-order chi connectivity index (χ0) is 10.7. The number of carbonyl (C=O) groups excluding carboxylic acids is 1. The first-order chi connectivity index (χ1) is 7.36. The average Bonchev–Trinajstić information content (AvgIpc) is 2.30. The van der Waals surface area contributed by atoms with E-state index in [0.717, 1.165) is 29.0 Å². The Labute approximate surface area is 97.2 Å². The molecule has 0 saturated carbocycles. The summed E-state index contributed by atoms with van der Waals surface area (Å²) in [4.78, 5) is 10.9. The first-order valence-electron chi connectivity index (χ1n) is 4.88. The van der Waals surface area contributed by atoms with Gasteiger partial charge in [-0.15, -0.1) is 0 Å². The molecule has 0 aromatic heterocycles. The van der Waals surface area contributed by atoms with Crippen molar-refractivity contribution in [2.75, 3.05) is 5.33 Å². The second-order valence-electron chi connectivity index (χ2n) is 3.42. The number of carbonyl (C=O) groups is 1. The van der Waals surface area contributed by atoms with Gasteiger partial charge < -0.3 is 0 Å². The van der Waals surface area contributed by atoms with Crippen LogP contribution in [0.4, 0.5) is 0 Å². The van der Waals surface area contributed by atoms with Crippen molar-refractivity contribution in [1.29, 1.82) is 0 Å². The van der Waals surface area contributed by atoms with E-state index in [1.54, 1.807) is 0 Å². The Balaban J connectivity index is 2.71. The van der Waals surface area contributed by atoms with Crippen LogP contribution >= 0.6 is 15.9 Å². The lowest BCUT2D eigenvalue weighted by molar-refractivity contribution is 0.112. The Hall–Kier alpha value is -1.15. The van der Waals surface area contributed by atoms with E-state index in [2.05, 4.69) is 22.0 Å². The van der Waals surface area contributed by atoms with Gasteiger partial charge in [-0.25, -0.2) is 0 Å². The summed E-state index contributed by atoms with van der Waals surface area (Å²) >= 11 is 3.44. The summed E-state index contributed by atoms with van der Waals surface area (Å²) in [7, 11) is 0. The van der Waals surface area contributed by atoms with E-state index in [9.17, 15) is 4.79 Å². The monoisotopic (exact) mass is 262 g/mol. The maximum absolute atomic E-state index is 10.9. The molecule has 2 aromatic rings. The SMILES string of the molecule is O=Cc1ccc(CCBr)c2ccccc12. The van der Waals surface area contributed by atoms with Crippen LogP contribution in [-0.4, -0.2) is 11.6 Å². The number of alkyl halides is 1. The van der Waals surface area contributed by atoms with E-state index in [1.807, 2.05) is 30.3 Å². The lowest BCUT2D eigenvalue weighted by atomic mass is 9.99. The van der Waals surface area contributed by atoms with E-state index >= 15 is 0 Å².